The summed E-state index contributed by atoms with van der Waals surface area (Å²) in [7, 11) is 0. The molecule has 0 atom stereocenters. The molecule has 3 heteroatoms. The van der Waals surface area contributed by atoms with Crippen LogP contribution in [0.15, 0.2) is 12.7 Å². The van der Waals surface area contributed by atoms with E-state index in [-0.39, 0.29) is 5.91 Å². The second kappa shape index (κ2) is 5.81. The molecule has 0 aromatic carbocycles. The molecule has 1 saturated carbocycles. The van der Waals surface area contributed by atoms with Crippen molar-refractivity contribution in [3.63, 3.8) is 0 Å². The molecule has 1 aliphatic rings. The number of amides is 1. The van der Waals surface area contributed by atoms with Crippen LogP contribution in [0, 0.1) is 0 Å². The first kappa shape index (κ1) is 11.2. The zero-order valence-corrected chi connectivity index (χ0v) is 8.74. The molecule has 1 aliphatic carbocycles. The van der Waals surface area contributed by atoms with Crippen LogP contribution in [0.1, 0.15) is 32.1 Å². The second-order valence-electron chi connectivity index (χ2n) is 3.81. The van der Waals surface area contributed by atoms with Gasteiger partial charge in [0.25, 0.3) is 0 Å². The predicted octanol–water partition coefficient (Wildman–Crippen LogP) is 1.29. The van der Waals surface area contributed by atoms with E-state index in [1.165, 1.54) is 12.8 Å². The Balaban J connectivity index is 2.52. The molecule has 3 nitrogen and oxygen atoms in total. The van der Waals surface area contributed by atoms with E-state index in [9.17, 15) is 4.79 Å². The highest BCUT2D eigenvalue weighted by Gasteiger charge is 2.24. The van der Waals surface area contributed by atoms with Crippen LogP contribution in [0.2, 0.25) is 0 Å². The van der Waals surface area contributed by atoms with E-state index in [0.717, 1.165) is 12.8 Å². The van der Waals surface area contributed by atoms with Crippen molar-refractivity contribution < 1.29 is 4.79 Å². The zero-order valence-electron chi connectivity index (χ0n) is 8.74. The van der Waals surface area contributed by atoms with Gasteiger partial charge in [-0.2, -0.15) is 0 Å². The van der Waals surface area contributed by atoms with Crippen molar-refractivity contribution in [3.8, 4) is 0 Å². The van der Waals surface area contributed by atoms with Gasteiger partial charge in [-0.05, 0) is 12.8 Å². The molecule has 80 valence electrons. The number of rotatable bonds is 5. The minimum Gasteiger partial charge on any atom is -0.336 e. The van der Waals surface area contributed by atoms with E-state index in [1.54, 1.807) is 6.08 Å². The number of nitrogens with zero attached hydrogens (tertiary/aromatic N) is 1. The summed E-state index contributed by atoms with van der Waals surface area (Å²) < 4.78 is 0. The first-order valence-electron chi connectivity index (χ1n) is 5.40. The summed E-state index contributed by atoms with van der Waals surface area (Å²) in [5.41, 5.74) is 5.39. The lowest BCUT2D eigenvalue weighted by Crippen LogP contribution is -2.39. The monoisotopic (exact) mass is 196 g/mol. The molecule has 0 radical (unpaired) electrons. The van der Waals surface area contributed by atoms with Crippen LogP contribution < -0.4 is 5.73 Å². The molecule has 0 aliphatic heterocycles. The lowest BCUT2D eigenvalue weighted by Gasteiger charge is -2.27. The Morgan fingerprint density at radius 2 is 2.14 bits per heavy atom. The van der Waals surface area contributed by atoms with Gasteiger partial charge in [0.05, 0.1) is 0 Å². The van der Waals surface area contributed by atoms with E-state index in [0.29, 0.717) is 25.6 Å². The normalized spacial score (nSPS) is 16.9. The summed E-state index contributed by atoms with van der Waals surface area (Å²) in [5, 5.41) is 0. The fraction of sp³-hybridized carbons (Fsp3) is 0.727. The maximum atomic E-state index is 11.7. The van der Waals surface area contributed by atoms with Crippen LogP contribution in [-0.4, -0.2) is 29.9 Å². The highest BCUT2D eigenvalue weighted by Crippen LogP contribution is 2.23. The van der Waals surface area contributed by atoms with Gasteiger partial charge < -0.3 is 10.6 Å². The lowest BCUT2D eigenvalue weighted by molar-refractivity contribution is -0.132. The largest absolute Gasteiger partial charge is 0.336 e. The quantitative estimate of drug-likeness (QED) is 0.673. The molecule has 1 fully saturated rings. The van der Waals surface area contributed by atoms with Crippen molar-refractivity contribution in [3.05, 3.63) is 12.7 Å². The van der Waals surface area contributed by atoms with Gasteiger partial charge in [-0.25, -0.2) is 0 Å². The summed E-state index contributed by atoms with van der Waals surface area (Å²) in [4.78, 5) is 13.7. The molecular formula is C11H20N2O. The van der Waals surface area contributed by atoms with Gasteiger partial charge >= 0.3 is 0 Å². The summed E-state index contributed by atoms with van der Waals surface area (Å²) in [5.74, 6) is 0.180. The number of nitrogens with two attached hydrogens (primary N) is 1. The van der Waals surface area contributed by atoms with Gasteiger partial charge in [-0.3, -0.25) is 4.79 Å². The topological polar surface area (TPSA) is 46.3 Å². The molecule has 0 aromatic heterocycles. The fourth-order valence-corrected chi connectivity index (χ4v) is 2.08. The molecule has 0 saturated heterocycles. The van der Waals surface area contributed by atoms with E-state index in [4.69, 9.17) is 5.73 Å². The Hall–Kier alpha value is -0.830. The highest BCUT2D eigenvalue weighted by atomic mass is 16.2. The van der Waals surface area contributed by atoms with Crippen molar-refractivity contribution in [1.82, 2.24) is 4.90 Å². The molecular weight excluding hydrogens is 176 g/mol. The predicted molar refractivity (Wildman–Crippen MR) is 57.8 cm³/mol. The number of hydrogen-bond donors (Lipinski definition) is 1. The van der Waals surface area contributed by atoms with Crippen molar-refractivity contribution in [2.75, 3.05) is 13.1 Å². The third kappa shape index (κ3) is 2.84. The Kier molecular flexibility index (Phi) is 4.66. The van der Waals surface area contributed by atoms with Gasteiger partial charge in [-0.15, -0.1) is 6.58 Å². The molecule has 14 heavy (non-hydrogen) atoms. The standard InChI is InChI=1S/C11H20N2O/c1-2-9-13(11(14)7-8-12)10-5-3-4-6-10/h2,10H,1,3-9,12H2. The number of hydrogen-bond acceptors (Lipinski definition) is 2. The number of carbonyl (C=O) groups excluding carboxylic acids is 1. The highest BCUT2D eigenvalue weighted by molar-refractivity contribution is 5.76. The van der Waals surface area contributed by atoms with Crippen LogP contribution in [-0.2, 0) is 4.79 Å². The van der Waals surface area contributed by atoms with Crippen molar-refractivity contribution in [2.45, 2.75) is 38.1 Å². The molecule has 0 bridgehead atoms. The van der Waals surface area contributed by atoms with Crippen molar-refractivity contribution in [2.24, 2.45) is 5.73 Å². The van der Waals surface area contributed by atoms with E-state index in [1.807, 2.05) is 4.90 Å². The molecule has 0 aromatic rings. The SMILES string of the molecule is C=CCN(C(=O)CCN)C1CCCC1. The minimum absolute atomic E-state index is 0.180. The lowest BCUT2D eigenvalue weighted by atomic mass is 10.2. The molecule has 0 heterocycles. The summed E-state index contributed by atoms with van der Waals surface area (Å²) in [6.45, 7) is 4.80. The zero-order chi connectivity index (χ0) is 10.4. The third-order valence-corrected chi connectivity index (χ3v) is 2.77. The Morgan fingerprint density at radius 3 is 2.64 bits per heavy atom. The third-order valence-electron chi connectivity index (χ3n) is 2.77. The summed E-state index contributed by atoms with van der Waals surface area (Å²) in [6.07, 6.45) is 7.04. The first-order valence-corrected chi connectivity index (χ1v) is 5.40. The minimum atomic E-state index is 0.180. The van der Waals surface area contributed by atoms with Crippen LogP contribution in [0.4, 0.5) is 0 Å². The number of carbonyl (C=O) groups is 1. The molecule has 0 unspecified atom stereocenters. The molecule has 1 rings (SSSR count). The molecule has 2 N–H and O–H groups in total. The smallest absolute Gasteiger partial charge is 0.224 e. The first-order chi connectivity index (χ1) is 6.79. The second-order valence-corrected chi connectivity index (χ2v) is 3.81. The van der Waals surface area contributed by atoms with E-state index < -0.39 is 0 Å². The summed E-state index contributed by atoms with van der Waals surface area (Å²) >= 11 is 0. The fourth-order valence-electron chi connectivity index (χ4n) is 2.08. The van der Waals surface area contributed by atoms with Gasteiger partial charge in [0.15, 0.2) is 0 Å². The average Bonchev–Trinajstić information content (AvgIpc) is 2.67. The van der Waals surface area contributed by atoms with Gasteiger partial charge in [0.2, 0.25) is 5.91 Å². The maximum Gasteiger partial charge on any atom is 0.224 e. The van der Waals surface area contributed by atoms with Crippen LogP contribution in [0.5, 0.6) is 0 Å². The van der Waals surface area contributed by atoms with E-state index in [2.05, 4.69) is 6.58 Å². The van der Waals surface area contributed by atoms with Gasteiger partial charge in [0.1, 0.15) is 0 Å². The maximum absolute atomic E-state index is 11.7. The molecule has 0 spiro atoms. The van der Waals surface area contributed by atoms with Crippen LogP contribution in [0.25, 0.3) is 0 Å². The van der Waals surface area contributed by atoms with Gasteiger partial charge in [0, 0.05) is 25.6 Å². The van der Waals surface area contributed by atoms with Crippen molar-refractivity contribution >= 4 is 5.91 Å². The average molecular weight is 196 g/mol. The Labute approximate surface area is 86.0 Å². The summed E-state index contributed by atoms with van der Waals surface area (Å²) in [6, 6.07) is 0.437. The van der Waals surface area contributed by atoms with Crippen LogP contribution >= 0.6 is 0 Å². The molecule has 1 amide bonds. The Morgan fingerprint density at radius 1 is 1.50 bits per heavy atom. The van der Waals surface area contributed by atoms with Gasteiger partial charge in [-0.1, -0.05) is 18.9 Å². The Bertz CT molecular complexity index is 197. The van der Waals surface area contributed by atoms with Crippen molar-refractivity contribution in [1.29, 1.82) is 0 Å². The van der Waals surface area contributed by atoms with Crippen LogP contribution in [0.3, 0.4) is 0 Å². The van der Waals surface area contributed by atoms with E-state index >= 15 is 0 Å².